The third kappa shape index (κ3) is 40.4. The summed E-state index contributed by atoms with van der Waals surface area (Å²) in [4.78, 5) is 26.0. The highest BCUT2D eigenvalue weighted by atomic mass is 16.5. The maximum absolute atomic E-state index is 13.2. The molecule has 0 aromatic rings. The minimum Gasteiger partial charge on any atom is -0.462 e. The predicted molar refractivity (Wildman–Crippen MR) is 245 cm³/mol. The molecule has 0 heterocycles. The normalized spacial score (nSPS) is 13.7. The topological polar surface area (TPSA) is 95.9 Å². The molecule has 6 nitrogen and oxygen atoms in total. The number of hydrogen-bond acceptors (Lipinski definition) is 5. The summed E-state index contributed by atoms with van der Waals surface area (Å²) in [5.41, 5.74) is 0. The van der Waals surface area contributed by atoms with Crippen molar-refractivity contribution in [3.8, 4) is 0 Å². The fraction of sp³-hybridized carbons (Fsp3) is 0.804. The number of ether oxygens (including phenoxy) is 1. The molecule has 3 N–H and O–H groups in total. The van der Waals surface area contributed by atoms with Gasteiger partial charge >= 0.3 is 5.97 Å². The van der Waals surface area contributed by atoms with E-state index in [9.17, 15) is 19.8 Å². The van der Waals surface area contributed by atoms with Crippen LogP contribution >= 0.6 is 0 Å². The van der Waals surface area contributed by atoms with Crippen molar-refractivity contribution in [2.45, 2.75) is 257 Å². The van der Waals surface area contributed by atoms with E-state index in [1.165, 1.54) is 116 Å². The molecule has 0 saturated carbocycles. The number of nitrogens with one attached hydrogen (secondary N) is 1. The van der Waals surface area contributed by atoms with Gasteiger partial charge in [-0.3, -0.25) is 9.59 Å². The van der Waals surface area contributed by atoms with E-state index in [0.29, 0.717) is 19.3 Å². The van der Waals surface area contributed by atoms with E-state index in [0.717, 1.165) is 77.0 Å². The molecule has 3 unspecified atom stereocenters. The fourth-order valence-electron chi connectivity index (χ4n) is 7.14. The molecule has 0 fully saturated rings. The Morgan fingerprint density at radius 3 is 1.42 bits per heavy atom. The molecular formula is C51H93NO5. The van der Waals surface area contributed by atoms with Crippen LogP contribution in [0.4, 0.5) is 0 Å². The van der Waals surface area contributed by atoms with Gasteiger partial charge in [0.2, 0.25) is 5.91 Å². The van der Waals surface area contributed by atoms with E-state index in [4.69, 9.17) is 4.74 Å². The Hall–Kier alpha value is -2.18. The van der Waals surface area contributed by atoms with Crippen LogP contribution in [0.3, 0.4) is 0 Å². The largest absolute Gasteiger partial charge is 0.462 e. The molecule has 0 aliphatic carbocycles. The molecule has 0 radical (unpaired) electrons. The molecule has 3 atom stereocenters. The molecule has 0 spiro atoms. The Morgan fingerprint density at radius 1 is 0.509 bits per heavy atom. The van der Waals surface area contributed by atoms with Crippen molar-refractivity contribution in [3.05, 3.63) is 48.6 Å². The first-order chi connectivity index (χ1) is 28.0. The van der Waals surface area contributed by atoms with Crippen LogP contribution in [0, 0.1) is 0 Å². The standard InChI is InChI=1S/C51H93NO5/c1-4-7-10-13-16-19-22-24-25-26-28-30-33-36-39-42-47(57-51(56)44-41-38-35-32-29-23-20-17-14-11-8-5-2)45-50(55)52-48(46-53)49(54)43-40-37-34-31-27-21-18-15-12-9-6-3/h16-17,19-20,24-25,28,30,47-49,53-54H,4-15,18,21-23,26-27,29,31-46H2,1-3H3,(H,52,55)/b19-16-,20-17-,25-24-,30-28-. The van der Waals surface area contributed by atoms with Crippen LogP contribution in [-0.4, -0.2) is 46.9 Å². The van der Waals surface area contributed by atoms with Gasteiger partial charge in [0.15, 0.2) is 0 Å². The van der Waals surface area contributed by atoms with Crippen LogP contribution < -0.4 is 5.32 Å². The Balaban J connectivity index is 4.69. The average Bonchev–Trinajstić information content (AvgIpc) is 3.20. The zero-order valence-corrected chi connectivity index (χ0v) is 37.7. The van der Waals surface area contributed by atoms with Crippen LogP contribution in [-0.2, 0) is 14.3 Å². The summed E-state index contributed by atoms with van der Waals surface area (Å²) in [5, 5.41) is 23.7. The fourth-order valence-corrected chi connectivity index (χ4v) is 7.14. The monoisotopic (exact) mass is 800 g/mol. The lowest BCUT2D eigenvalue weighted by Crippen LogP contribution is -2.46. The number of allylic oxidation sites excluding steroid dienone is 8. The summed E-state index contributed by atoms with van der Waals surface area (Å²) in [6, 6.07) is -0.713. The van der Waals surface area contributed by atoms with Gasteiger partial charge in [-0.05, 0) is 89.9 Å². The van der Waals surface area contributed by atoms with Crippen LogP contribution in [0.1, 0.15) is 239 Å². The van der Waals surface area contributed by atoms with Gasteiger partial charge in [-0.15, -0.1) is 0 Å². The zero-order chi connectivity index (χ0) is 41.7. The molecule has 332 valence electrons. The predicted octanol–water partition coefficient (Wildman–Crippen LogP) is 14.3. The van der Waals surface area contributed by atoms with E-state index >= 15 is 0 Å². The third-order valence-electron chi connectivity index (χ3n) is 10.9. The van der Waals surface area contributed by atoms with Crippen molar-refractivity contribution in [2.24, 2.45) is 0 Å². The number of aliphatic hydroxyl groups is 2. The van der Waals surface area contributed by atoms with Crippen molar-refractivity contribution in [3.63, 3.8) is 0 Å². The lowest BCUT2D eigenvalue weighted by atomic mass is 10.0. The van der Waals surface area contributed by atoms with E-state index < -0.39 is 18.2 Å². The second-order valence-corrected chi connectivity index (χ2v) is 16.5. The molecule has 0 aromatic heterocycles. The number of esters is 1. The SMILES string of the molecule is CCCCC/C=C\C/C=C\C/C=C\CCCCC(CC(=O)NC(CO)C(O)CCCCCCCCCCCCC)OC(=O)CCCCCCC/C=C\CCCCC. The molecular weight excluding hydrogens is 707 g/mol. The van der Waals surface area contributed by atoms with Gasteiger partial charge in [-0.25, -0.2) is 0 Å². The maximum Gasteiger partial charge on any atom is 0.306 e. The summed E-state index contributed by atoms with van der Waals surface area (Å²) in [5.74, 6) is -0.521. The van der Waals surface area contributed by atoms with Crippen molar-refractivity contribution >= 4 is 11.9 Å². The van der Waals surface area contributed by atoms with Gasteiger partial charge in [0.25, 0.3) is 0 Å². The van der Waals surface area contributed by atoms with Gasteiger partial charge in [0, 0.05) is 6.42 Å². The number of carbonyl (C=O) groups excluding carboxylic acids is 2. The van der Waals surface area contributed by atoms with E-state index in [2.05, 4.69) is 74.7 Å². The first-order valence-corrected chi connectivity index (χ1v) is 24.4. The Labute approximate surface area is 353 Å². The Kier molecular flexibility index (Phi) is 43.2. The lowest BCUT2D eigenvalue weighted by Gasteiger charge is -2.24. The lowest BCUT2D eigenvalue weighted by molar-refractivity contribution is -0.151. The minimum absolute atomic E-state index is 0.0487. The Morgan fingerprint density at radius 2 is 0.895 bits per heavy atom. The highest BCUT2D eigenvalue weighted by molar-refractivity contribution is 5.77. The summed E-state index contributed by atoms with van der Waals surface area (Å²) < 4.78 is 5.89. The van der Waals surface area contributed by atoms with Crippen LogP contribution in [0.2, 0.25) is 0 Å². The molecule has 0 aromatic carbocycles. The zero-order valence-electron chi connectivity index (χ0n) is 37.7. The summed E-state index contributed by atoms with van der Waals surface area (Å²) >= 11 is 0. The van der Waals surface area contributed by atoms with Crippen LogP contribution in [0.5, 0.6) is 0 Å². The van der Waals surface area contributed by atoms with E-state index in [-0.39, 0.29) is 24.9 Å². The van der Waals surface area contributed by atoms with Gasteiger partial charge in [-0.2, -0.15) is 0 Å². The molecule has 0 bridgehead atoms. The quantitative estimate of drug-likeness (QED) is 0.0324. The van der Waals surface area contributed by atoms with Gasteiger partial charge in [-0.1, -0.05) is 185 Å². The average molecular weight is 800 g/mol. The van der Waals surface area contributed by atoms with Crippen molar-refractivity contribution in [1.29, 1.82) is 0 Å². The minimum atomic E-state index is -0.797. The smallest absolute Gasteiger partial charge is 0.306 e. The molecule has 0 rings (SSSR count). The molecule has 0 aliphatic heterocycles. The first-order valence-electron chi connectivity index (χ1n) is 24.4. The number of carbonyl (C=O) groups is 2. The summed E-state index contributed by atoms with van der Waals surface area (Å²) in [6.45, 7) is 6.40. The molecule has 57 heavy (non-hydrogen) atoms. The molecule has 6 heteroatoms. The van der Waals surface area contributed by atoms with Gasteiger partial charge in [0.1, 0.15) is 6.10 Å². The Bertz CT molecular complexity index is 988. The number of amides is 1. The number of aliphatic hydroxyl groups excluding tert-OH is 2. The summed E-state index contributed by atoms with van der Waals surface area (Å²) in [6.07, 6.45) is 53.1. The maximum atomic E-state index is 13.2. The van der Waals surface area contributed by atoms with Gasteiger partial charge < -0.3 is 20.3 Å². The van der Waals surface area contributed by atoms with Crippen molar-refractivity contribution < 1.29 is 24.5 Å². The number of rotatable bonds is 43. The van der Waals surface area contributed by atoms with E-state index in [1.54, 1.807) is 0 Å². The number of hydrogen-bond donors (Lipinski definition) is 3. The van der Waals surface area contributed by atoms with E-state index in [1.807, 2.05) is 0 Å². The highest BCUT2D eigenvalue weighted by Gasteiger charge is 2.24. The molecule has 1 amide bonds. The van der Waals surface area contributed by atoms with Gasteiger partial charge in [0.05, 0.1) is 25.2 Å². The number of unbranched alkanes of at least 4 members (excludes halogenated alkanes) is 23. The first kappa shape index (κ1) is 54.8. The van der Waals surface area contributed by atoms with Crippen molar-refractivity contribution in [2.75, 3.05) is 6.61 Å². The second kappa shape index (κ2) is 44.9. The van der Waals surface area contributed by atoms with Crippen LogP contribution in [0.25, 0.3) is 0 Å². The highest BCUT2D eigenvalue weighted by Crippen LogP contribution is 2.17. The second-order valence-electron chi connectivity index (χ2n) is 16.5. The van der Waals surface area contributed by atoms with Crippen molar-refractivity contribution in [1.82, 2.24) is 5.32 Å². The summed E-state index contributed by atoms with van der Waals surface area (Å²) in [7, 11) is 0. The molecule has 0 aliphatic rings. The molecule has 0 saturated heterocycles. The third-order valence-corrected chi connectivity index (χ3v) is 10.9. The van der Waals surface area contributed by atoms with Crippen LogP contribution in [0.15, 0.2) is 48.6 Å².